The summed E-state index contributed by atoms with van der Waals surface area (Å²) in [6.07, 6.45) is 0.670. The van der Waals surface area contributed by atoms with Crippen molar-refractivity contribution in [2.24, 2.45) is 0 Å². The minimum absolute atomic E-state index is 0.0871. The molecule has 8 heteroatoms. The van der Waals surface area contributed by atoms with Crippen LogP contribution in [-0.2, 0) is 17.6 Å². The van der Waals surface area contributed by atoms with E-state index in [0.29, 0.717) is 22.7 Å². The van der Waals surface area contributed by atoms with E-state index in [0.717, 1.165) is 17.7 Å². The van der Waals surface area contributed by atoms with Crippen LogP contribution in [0, 0.1) is 12.7 Å². The molecular weight excluding hydrogens is 476 g/mol. The quantitative estimate of drug-likeness (QED) is 0.236. The first-order valence-electron chi connectivity index (χ1n) is 12.0. The third-order valence-corrected chi connectivity index (χ3v) is 6.12. The fraction of sp³-hybridized carbons (Fsp3) is 0.207. The third-order valence-electron chi connectivity index (χ3n) is 6.12. The van der Waals surface area contributed by atoms with E-state index in [2.05, 4.69) is 9.97 Å². The second kappa shape index (κ2) is 9.97. The maximum absolute atomic E-state index is 16.0. The Labute approximate surface area is 212 Å². The van der Waals surface area contributed by atoms with Crippen LogP contribution >= 0.6 is 0 Å². The molecule has 5 rings (SSSR count). The van der Waals surface area contributed by atoms with Crippen molar-refractivity contribution in [1.29, 1.82) is 0 Å². The Morgan fingerprint density at radius 3 is 2.51 bits per heavy atom. The first-order valence-corrected chi connectivity index (χ1v) is 12.0. The molecule has 0 amide bonds. The lowest BCUT2D eigenvalue weighted by molar-refractivity contribution is -0.132. The summed E-state index contributed by atoms with van der Waals surface area (Å²) in [5.41, 5.74) is 2.39. The molecule has 188 valence electrons. The number of alkyl halides is 1. The van der Waals surface area contributed by atoms with Crippen molar-refractivity contribution in [3.8, 4) is 17.1 Å². The van der Waals surface area contributed by atoms with Crippen molar-refractivity contribution in [2.45, 2.75) is 39.8 Å². The average molecular weight is 502 g/mol. The van der Waals surface area contributed by atoms with Crippen LogP contribution in [0.1, 0.15) is 54.1 Å². The normalized spacial score (nSPS) is 12.1. The average Bonchev–Trinajstić information content (AvgIpc) is 3.42. The smallest absolute Gasteiger partial charge is 0.309 e. The molecule has 0 aliphatic rings. The number of hydrogen-bond acceptors (Lipinski definition) is 5. The molecule has 37 heavy (non-hydrogen) atoms. The summed E-state index contributed by atoms with van der Waals surface area (Å²) in [4.78, 5) is 21.3. The van der Waals surface area contributed by atoms with Crippen molar-refractivity contribution < 1.29 is 22.7 Å². The van der Waals surface area contributed by atoms with Crippen molar-refractivity contribution in [1.82, 2.24) is 14.4 Å². The largest absolute Gasteiger partial charge is 0.465 e. The monoisotopic (exact) mass is 501 g/mol. The van der Waals surface area contributed by atoms with Gasteiger partial charge in [-0.25, -0.2) is 18.7 Å². The highest BCUT2D eigenvalue weighted by atomic mass is 19.1. The summed E-state index contributed by atoms with van der Waals surface area (Å²) in [6, 6.07) is 16.7. The van der Waals surface area contributed by atoms with Gasteiger partial charge in [-0.1, -0.05) is 55.5 Å². The highest BCUT2D eigenvalue weighted by Crippen LogP contribution is 2.35. The van der Waals surface area contributed by atoms with Crippen molar-refractivity contribution >= 4 is 11.6 Å². The van der Waals surface area contributed by atoms with Gasteiger partial charge in [-0.05, 0) is 24.6 Å². The number of benzene rings is 2. The summed E-state index contributed by atoms with van der Waals surface area (Å²) >= 11 is 0. The Balaban J connectivity index is 1.75. The lowest BCUT2D eigenvalue weighted by Crippen LogP contribution is -2.08. The van der Waals surface area contributed by atoms with Crippen molar-refractivity contribution in [2.75, 3.05) is 0 Å². The van der Waals surface area contributed by atoms with Gasteiger partial charge in [-0.3, -0.25) is 9.20 Å². The lowest BCUT2D eigenvalue weighted by atomic mass is 10.1. The number of ether oxygens (including phenoxy) is 1. The van der Waals surface area contributed by atoms with Gasteiger partial charge in [0.25, 0.3) is 0 Å². The summed E-state index contributed by atoms with van der Waals surface area (Å²) in [7, 11) is 0. The van der Waals surface area contributed by atoms with E-state index in [-0.39, 0.29) is 29.2 Å². The van der Waals surface area contributed by atoms with Crippen LogP contribution in [0.2, 0.25) is 0 Å². The van der Waals surface area contributed by atoms with Gasteiger partial charge in [-0.15, -0.1) is 0 Å². The molecule has 0 aliphatic carbocycles. The SMILES string of the molecule is CCc1oc(Cc2nc3c(C(F)c4ccccc4F)nc(-c4ccccc4)cn3c2OC(C)=O)cc1C. The van der Waals surface area contributed by atoms with Crippen LogP contribution in [-0.4, -0.2) is 20.3 Å². The van der Waals surface area contributed by atoms with E-state index in [1.54, 1.807) is 12.3 Å². The molecule has 0 saturated heterocycles. The van der Waals surface area contributed by atoms with Gasteiger partial charge in [0.2, 0.25) is 5.88 Å². The Morgan fingerprint density at radius 1 is 1.11 bits per heavy atom. The predicted octanol–water partition coefficient (Wildman–Crippen LogP) is 6.57. The number of nitrogens with zero attached hydrogens (tertiary/aromatic N) is 3. The molecule has 0 aliphatic heterocycles. The standard InChI is InChI=1S/C29H25F2N3O3/c1-4-25-17(2)14-20(37-25)15-23-29(36-18(3)35)34-16-24(19-10-6-5-7-11-19)32-27(28(34)33-23)26(31)21-12-8-9-13-22(21)30/h5-14,16,26H,4,15H2,1-3H3. The van der Waals surface area contributed by atoms with E-state index in [4.69, 9.17) is 9.15 Å². The van der Waals surface area contributed by atoms with Crippen LogP contribution in [0.4, 0.5) is 8.78 Å². The minimum Gasteiger partial charge on any atom is -0.465 e. The van der Waals surface area contributed by atoms with Crippen LogP contribution in [0.5, 0.6) is 5.88 Å². The summed E-state index contributed by atoms with van der Waals surface area (Å²) in [5, 5.41) is 0. The highest BCUT2D eigenvalue weighted by Gasteiger charge is 2.27. The van der Waals surface area contributed by atoms with E-state index < -0.39 is 18.0 Å². The number of aryl methyl sites for hydroxylation is 2. The molecule has 5 aromatic rings. The molecule has 1 unspecified atom stereocenters. The molecule has 0 spiro atoms. The zero-order valence-corrected chi connectivity index (χ0v) is 20.7. The number of imidazole rings is 1. The summed E-state index contributed by atoms with van der Waals surface area (Å²) < 4.78 is 43.6. The number of hydrogen-bond donors (Lipinski definition) is 0. The van der Waals surface area contributed by atoms with Gasteiger partial charge < -0.3 is 9.15 Å². The maximum Gasteiger partial charge on any atom is 0.309 e. The zero-order valence-electron chi connectivity index (χ0n) is 20.7. The minimum atomic E-state index is -1.91. The van der Waals surface area contributed by atoms with Gasteiger partial charge in [0.1, 0.15) is 28.7 Å². The number of furan rings is 1. The van der Waals surface area contributed by atoms with Crippen LogP contribution < -0.4 is 4.74 Å². The van der Waals surface area contributed by atoms with E-state index in [1.165, 1.54) is 29.5 Å². The first-order chi connectivity index (χ1) is 17.9. The number of fused-ring (bicyclic) bond motifs is 1. The Kier molecular flexibility index (Phi) is 6.56. The molecular formula is C29H25F2N3O3. The molecule has 2 aromatic carbocycles. The number of carbonyl (C=O) groups is 1. The molecule has 3 heterocycles. The van der Waals surface area contributed by atoms with Crippen LogP contribution in [0.15, 0.2) is 71.3 Å². The van der Waals surface area contributed by atoms with E-state index >= 15 is 4.39 Å². The second-order valence-corrected chi connectivity index (χ2v) is 8.76. The fourth-order valence-electron chi connectivity index (χ4n) is 4.39. The van der Waals surface area contributed by atoms with E-state index in [1.807, 2.05) is 50.2 Å². The molecule has 1 atom stereocenters. The third kappa shape index (κ3) is 4.74. The fourth-order valence-corrected chi connectivity index (χ4v) is 4.39. The van der Waals surface area contributed by atoms with Crippen LogP contribution in [0.3, 0.4) is 0 Å². The topological polar surface area (TPSA) is 69.6 Å². The molecule has 0 fully saturated rings. The Bertz CT molecular complexity index is 1590. The second-order valence-electron chi connectivity index (χ2n) is 8.76. The molecule has 0 bridgehead atoms. The first kappa shape index (κ1) is 24.4. The Morgan fingerprint density at radius 2 is 1.84 bits per heavy atom. The number of carbonyl (C=O) groups excluding carboxylic acids is 1. The molecule has 6 nitrogen and oxygen atoms in total. The number of halogens is 2. The van der Waals surface area contributed by atoms with Crippen LogP contribution in [0.25, 0.3) is 16.9 Å². The van der Waals surface area contributed by atoms with Gasteiger partial charge in [-0.2, -0.15) is 0 Å². The summed E-state index contributed by atoms with van der Waals surface area (Å²) in [6.45, 7) is 5.24. The van der Waals surface area contributed by atoms with Gasteiger partial charge in [0, 0.05) is 30.7 Å². The van der Waals surface area contributed by atoms with Gasteiger partial charge in [0.05, 0.1) is 12.1 Å². The van der Waals surface area contributed by atoms with Gasteiger partial charge in [0.15, 0.2) is 11.8 Å². The molecule has 0 N–H and O–H groups in total. The van der Waals surface area contributed by atoms with Crippen molar-refractivity contribution in [3.63, 3.8) is 0 Å². The molecule has 0 radical (unpaired) electrons. The molecule has 0 saturated carbocycles. The number of esters is 1. The van der Waals surface area contributed by atoms with Gasteiger partial charge >= 0.3 is 5.97 Å². The lowest BCUT2D eigenvalue weighted by Gasteiger charge is -2.13. The predicted molar refractivity (Wildman–Crippen MR) is 135 cm³/mol. The zero-order chi connectivity index (χ0) is 26.1. The highest BCUT2D eigenvalue weighted by molar-refractivity contribution is 5.71. The van der Waals surface area contributed by atoms with Crippen molar-refractivity contribution in [3.05, 3.63) is 107 Å². The summed E-state index contributed by atoms with van der Waals surface area (Å²) in [5.74, 6) is 0.375. The maximum atomic E-state index is 16.0. The number of rotatable bonds is 7. The van der Waals surface area contributed by atoms with E-state index in [9.17, 15) is 9.18 Å². The Hall–Kier alpha value is -4.33. The number of aromatic nitrogens is 3. The molecule has 3 aromatic heterocycles.